The normalized spacial score (nSPS) is 16.7. The average Bonchev–Trinajstić information content (AvgIpc) is 3.50. The Morgan fingerprint density at radius 1 is 0.525 bits per heavy atom. The lowest BCUT2D eigenvalue weighted by Gasteiger charge is -2.17. The van der Waals surface area contributed by atoms with Crippen LogP contribution in [0.5, 0.6) is 0 Å². The van der Waals surface area contributed by atoms with E-state index in [1.54, 1.807) is 0 Å². The summed E-state index contributed by atoms with van der Waals surface area (Å²) in [5.41, 5.74) is 12.4. The maximum absolute atomic E-state index is 8.49. The summed E-state index contributed by atoms with van der Waals surface area (Å²) < 4.78 is 72.6. The maximum Gasteiger partial charge on any atom is 0.209 e. The predicted molar refractivity (Wildman–Crippen MR) is 212 cm³/mol. The summed E-state index contributed by atoms with van der Waals surface area (Å²) in [6.45, 7) is 9.30. The Morgan fingerprint density at radius 2 is 0.864 bits per heavy atom. The smallest absolute Gasteiger partial charge is 0.209 e. The second kappa shape index (κ2) is 18.7. The lowest BCUT2D eigenvalue weighted by atomic mass is 9.81. The van der Waals surface area contributed by atoms with Crippen LogP contribution >= 0.6 is 11.8 Å². The largest absolute Gasteiger partial charge is 0.222 e. The number of halogens is 2. The van der Waals surface area contributed by atoms with E-state index in [9.17, 15) is 0 Å². The van der Waals surface area contributed by atoms with Crippen LogP contribution in [0.1, 0.15) is 49.9 Å². The molecule has 10 nitrogen and oxygen atoms in total. The van der Waals surface area contributed by atoms with Crippen LogP contribution in [0.3, 0.4) is 0 Å². The number of hydrogen-bond donors (Lipinski definition) is 0. The van der Waals surface area contributed by atoms with Crippen molar-refractivity contribution in [3.05, 3.63) is 191 Å². The summed E-state index contributed by atoms with van der Waals surface area (Å²) in [6, 6.07) is 38.9. The van der Waals surface area contributed by atoms with Crippen LogP contribution in [0.25, 0.3) is 9.81 Å². The predicted octanol–water partition coefficient (Wildman–Crippen LogP) is 1.68. The van der Waals surface area contributed by atoms with Gasteiger partial charge in [-0.2, -0.15) is 9.15 Å². The molecule has 0 N–H and O–H groups in total. The SMILES string of the molecule is C[N+]1=C(/C=C/C(=CC=C2C=C(c3ccccc3)SC(c3ccccc3)=C2)/C=C/C2=[N+](C)c3ccccc3C2(C)C)C(C)(C)c2ccccc21.[O-][Cl+3]([O-])([O-])[O-].[O-][Cl+3]([O-])([O-])[O-]. The first-order valence-corrected chi connectivity index (χ1v) is 21.6. The van der Waals surface area contributed by atoms with Crippen molar-refractivity contribution in [2.24, 2.45) is 0 Å². The van der Waals surface area contributed by atoms with Crippen molar-refractivity contribution >= 4 is 44.4 Å². The third-order valence-corrected chi connectivity index (χ3v) is 11.3. The average molecular weight is 856 g/mol. The van der Waals surface area contributed by atoms with Gasteiger partial charge in [-0.25, -0.2) is 37.3 Å². The lowest BCUT2D eigenvalue weighted by molar-refractivity contribution is -2.00. The summed E-state index contributed by atoms with van der Waals surface area (Å²) in [6.07, 6.45) is 18.3. The third-order valence-electron chi connectivity index (χ3n) is 10.1. The molecule has 0 spiro atoms. The number of benzene rings is 4. The van der Waals surface area contributed by atoms with E-state index in [2.05, 4.69) is 209 Å². The molecule has 0 radical (unpaired) electrons. The molecule has 3 aliphatic rings. The van der Waals surface area contributed by atoms with E-state index in [0.29, 0.717) is 0 Å². The maximum atomic E-state index is 8.49. The van der Waals surface area contributed by atoms with Crippen LogP contribution in [0, 0.1) is 20.5 Å². The molecule has 0 atom stereocenters. The Labute approximate surface area is 353 Å². The van der Waals surface area contributed by atoms with Crippen molar-refractivity contribution in [3.8, 4) is 0 Å². The summed E-state index contributed by atoms with van der Waals surface area (Å²) in [4.78, 5) is 2.50. The van der Waals surface area contributed by atoms with Gasteiger partial charge in [-0.05, 0) is 74.3 Å². The van der Waals surface area contributed by atoms with Gasteiger partial charge in [0.05, 0.1) is 10.8 Å². The fourth-order valence-electron chi connectivity index (χ4n) is 7.42. The van der Waals surface area contributed by atoms with Crippen LogP contribution in [0.4, 0.5) is 11.4 Å². The van der Waals surface area contributed by atoms with Crippen molar-refractivity contribution in [2.45, 2.75) is 38.5 Å². The zero-order chi connectivity index (χ0) is 43.2. The number of fused-ring (bicyclic) bond motifs is 2. The molecular formula is C46H44Cl2N2O8S. The van der Waals surface area contributed by atoms with E-state index < -0.39 is 20.5 Å². The quantitative estimate of drug-likeness (QED) is 0.197. The molecule has 4 aromatic carbocycles. The van der Waals surface area contributed by atoms with E-state index in [1.165, 1.54) is 60.4 Å². The minimum Gasteiger partial charge on any atom is -0.222 e. The van der Waals surface area contributed by atoms with Gasteiger partial charge in [0, 0.05) is 45.2 Å². The minimum absolute atomic E-state index is 0.0968. The Hall–Kier alpha value is -4.73. The van der Waals surface area contributed by atoms with Gasteiger partial charge in [-0.3, -0.25) is 0 Å². The Bertz CT molecular complexity index is 2250. The second-order valence-electron chi connectivity index (χ2n) is 14.8. The molecule has 0 amide bonds. The van der Waals surface area contributed by atoms with E-state index >= 15 is 0 Å². The Balaban J connectivity index is 0.000000593. The van der Waals surface area contributed by atoms with Crippen LogP contribution in [0.15, 0.2) is 169 Å². The van der Waals surface area contributed by atoms with Crippen LogP contribution < -0.4 is 37.3 Å². The van der Waals surface area contributed by atoms with Crippen molar-refractivity contribution in [1.29, 1.82) is 0 Å². The van der Waals surface area contributed by atoms with Crippen molar-refractivity contribution in [3.63, 3.8) is 0 Å². The number of nitrogens with zero attached hydrogens (tertiary/aromatic N) is 2. The molecule has 0 aromatic heterocycles. The van der Waals surface area contributed by atoms with Gasteiger partial charge in [-0.1, -0.05) is 121 Å². The number of thioether (sulfide) groups is 1. The number of para-hydroxylation sites is 2. The summed E-state index contributed by atoms with van der Waals surface area (Å²) in [7, 11) is -5.52. The summed E-state index contributed by atoms with van der Waals surface area (Å²) >= 11 is 1.83. The highest BCUT2D eigenvalue weighted by Crippen LogP contribution is 2.44. The molecule has 0 saturated heterocycles. The molecular weight excluding hydrogens is 811 g/mol. The van der Waals surface area contributed by atoms with E-state index in [0.717, 1.165) is 5.57 Å². The Kier molecular flexibility index (Phi) is 14.4. The summed E-state index contributed by atoms with van der Waals surface area (Å²) in [5, 5.41) is 0. The van der Waals surface area contributed by atoms with Gasteiger partial charge >= 0.3 is 0 Å². The molecule has 3 aliphatic heterocycles. The van der Waals surface area contributed by atoms with Gasteiger partial charge < -0.3 is 0 Å². The van der Waals surface area contributed by atoms with Crippen molar-refractivity contribution in [1.82, 2.24) is 0 Å². The first-order chi connectivity index (χ1) is 27.6. The van der Waals surface area contributed by atoms with Gasteiger partial charge in [-0.15, -0.1) is 20.5 Å². The van der Waals surface area contributed by atoms with Gasteiger partial charge in [0.1, 0.15) is 14.1 Å². The molecule has 0 unspecified atom stereocenters. The van der Waals surface area contributed by atoms with Gasteiger partial charge in [0.2, 0.25) is 11.4 Å². The molecule has 0 fully saturated rings. The molecule has 59 heavy (non-hydrogen) atoms. The monoisotopic (exact) mass is 854 g/mol. The van der Waals surface area contributed by atoms with Crippen molar-refractivity contribution < 1.29 is 66.9 Å². The van der Waals surface area contributed by atoms with Gasteiger partial charge in [0.15, 0.2) is 11.4 Å². The standard InChI is InChI=1S/C46H44N2S.2ClHO4/c1-45(2)37-21-13-15-23-39(37)47(5)43(45)29-27-33(28-30-44-46(3,4)38-22-14-16-24-40(38)48(44)6)25-26-34-31-41(35-17-9-7-10-18-35)49-42(32-34)36-19-11-8-12-20-36;2*2-1(3,4)5/h7-32H,1-6H3;2*(H,2,3,4,5)/q+2;;/p-2/b29-27+,30-28+;;. The first-order valence-electron chi connectivity index (χ1n) is 18.3. The molecule has 0 saturated carbocycles. The lowest BCUT2D eigenvalue weighted by Crippen LogP contribution is -2.68. The van der Waals surface area contributed by atoms with Crippen LogP contribution in [-0.4, -0.2) is 34.7 Å². The van der Waals surface area contributed by atoms with Crippen LogP contribution in [0.2, 0.25) is 0 Å². The first kappa shape index (κ1) is 45.4. The highest BCUT2D eigenvalue weighted by Gasteiger charge is 2.43. The Morgan fingerprint density at radius 3 is 1.22 bits per heavy atom. The van der Waals surface area contributed by atoms with E-state index in [-0.39, 0.29) is 10.8 Å². The zero-order valence-electron chi connectivity index (χ0n) is 33.3. The molecule has 7 rings (SSSR count). The number of allylic oxidation sites excluding steroid dienone is 10. The second-order valence-corrected chi connectivity index (χ2v) is 17.4. The molecule has 13 heteroatoms. The summed E-state index contributed by atoms with van der Waals surface area (Å²) in [5.74, 6) is 0. The molecule has 0 aliphatic carbocycles. The van der Waals surface area contributed by atoms with Gasteiger partial charge in [0.25, 0.3) is 0 Å². The minimum atomic E-state index is -4.94. The zero-order valence-corrected chi connectivity index (χ0v) is 35.7. The fraction of sp³-hybridized carbons (Fsp3) is 0.174. The van der Waals surface area contributed by atoms with E-state index in [4.69, 9.17) is 37.3 Å². The highest BCUT2D eigenvalue weighted by atomic mass is 35.7. The topological polar surface area (TPSA) is 190 Å². The fourth-order valence-corrected chi connectivity index (χ4v) is 8.56. The third kappa shape index (κ3) is 11.9. The van der Waals surface area contributed by atoms with Crippen molar-refractivity contribution in [2.75, 3.05) is 14.1 Å². The molecule has 306 valence electrons. The van der Waals surface area contributed by atoms with Crippen LogP contribution in [-0.2, 0) is 10.8 Å². The highest BCUT2D eigenvalue weighted by molar-refractivity contribution is 8.16. The number of hydrogen-bond acceptors (Lipinski definition) is 9. The molecule has 4 aromatic rings. The molecule has 0 bridgehead atoms. The number of rotatable bonds is 7. The van der Waals surface area contributed by atoms with E-state index in [1.807, 2.05) is 11.8 Å². The molecule has 3 heterocycles.